The number of fused-ring (bicyclic) bond motifs is 1. The van der Waals surface area contributed by atoms with E-state index in [1.807, 2.05) is 18.3 Å². The normalized spacial score (nSPS) is 24.4. The van der Waals surface area contributed by atoms with Crippen molar-refractivity contribution in [2.75, 3.05) is 5.32 Å². The Morgan fingerprint density at radius 1 is 1.41 bits per heavy atom. The van der Waals surface area contributed by atoms with Crippen LogP contribution in [0.5, 0.6) is 0 Å². The summed E-state index contributed by atoms with van der Waals surface area (Å²) in [6.07, 6.45) is 5.75. The Balaban J connectivity index is 1.85. The van der Waals surface area contributed by atoms with Gasteiger partial charge in [0.2, 0.25) is 5.95 Å². The van der Waals surface area contributed by atoms with Crippen LogP contribution in [-0.4, -0.2) is 20.6 Å². The third-order valence-corrected chi connectivity index (χ3v) is 3.94. The van der Waals surface area contributed by atoms with Gasteiger partial charge in [-0.1, -0.05) is 13.3 Å². The summed E-state index contributed by atoms with van der Waals surface area (Å²) >= 11 is 3.43. The number of pyridine rings is 1. The molecule has 1 N–H and O–H groups in total. The van der Waals surface area contributed by atoms with Gasteiger partial charge in [-0.05, 0) is 46.8 Å². The molecule has 2 atom stereocenters. The summed E-state index contributed by atoms with van der Waals surface area (Å²) in [7, 11) is 0. The first kappa shape index (κ1) is 11.0. The zero-order chi connectivity index (χ0) is 11.8. The molecule has 4 nitrogen and oxygen atoms in total. The van der Waals surface area contributed by atoms with E-state index in [1.54, 1.807) is 4.52 Å². The van der Waals surface area contributed by atoms with Crippen molar-refractivity contribution in [3.05, 3.63) is 22.8 Å². The average Bonchev–Trinajstić information content (AvgIpc) is 2.85. The van der Waals surface area contributed by atoms with Gasteiger partial charge in [0.05, 0.1) is 0 Å². The molecule has 1 aliphatic rings. The maximum absolute atomic E-state index is 4.47. The zero-order valence-corrected chi connectivity index (χ0v) is 11.3. The molecule has 0 aliphatic heterocycles. The van der Waals surface area contributed by atoms with Crippen LogP contribution in [0, 0.1) is 5.92 Å². The quantitative estimate of drug-likeness (QED) is 0.925. The van der Waals surface area contributed by atoms with E-state index in [2.05, 4.69) is 38.3 Å². The van der Waals surface area contributed by atoms with Gasteiger partial charge in [-0.2, -0.15) is 4.98 Å². The van der Waals surface area contributed by atoms with Crippen molar-refractivity contribution in [2.24, 2.45) is 5.92 Å². The minimum Gasteiger partial charge on any atom is -0.350 e. The summed E-state index contributed by atoms with van der Waals surface area (Å²) < 4.78 is 2.81. The van der Waals surface area contributed by atoms with Crippen molar-refractivity contribution in [3.63, 3.8) is 0 Å². The van der Waals surface area contributed by atoms with Crippen molar-refractivity contribution in [3.8, 4) is 0 Å². The molecule has 3 rings (SSSR count). The molecule has 2 unspecified atom stereocenters. The Bertz CT molecular complexity index is 536. The molecule has 0 spiro atoms. The van der Waals surface area contributed by atoms with Gasteiger partial charge in [-0.25, -0.2) is 4.52 Å². The van der Waals surface area contributed by atoms with Crippen molar-refractivity contribution in [1.29, 1.82) is 0 Å². The molecular formula is C12H15BrN4. The molecule has 0 bridgehead atoms. The van der Waals surface area contributed by atoms with Crippen LogP contribution in [0.1, 0.15) is 26.2 Å². The van der Waals surface area contributed by atoms with Crippen LogP contribution in [0.3, 0.4) is 0 Å². The van der Waals surface area contributed by atoms with Gasteiger partial charge in [0.25, 0.3) is 0 Å². The van der Waals surface area contributed by atoms with Crippen molar-refractivity contribution in [2.45, 2.75) is 32.2 Å². The molecule has 0 radical (unpaired) electrons. The number of nitrogens with one attached hydrogen (secondary N) is 1. The van der Waals surface area contributed by atoms with E-state index in [1.165, 1.54) is 19.3 Å². The van der Waals surface area contributed by atoms with E-state index in [-0.39, 0.29) is 0 Å². The molecule has 1 saturated carbocycles. The first-order chi connectivity index (χ1) is 8.22. The molecule has 1 fully saturated rings. The van der Waals surface area contributed by atoms with Crippen LogP contribution in [0.2, 0.25) is 0 Å². The lowest BCUT2D eigenvalue weighted by Crippen LogP contribution is -2.22. The molecule has 90 valence electrons. The van der Waals surface area contributed by atoms with Crippen LogP contribution in [0.4, 0.5) is 5.95 Å². The fraction of sp³-hybridized carbons (Fsp3) is 0.500. The van der Waals surface area contributed by atoms with Crippen LogP contribution in [0.15, 0.2) is 22.8 Å². The number of rotatable bonds is 2. The highest BCUT2D eigenvalue weighted by atomic mass is 79.9. The molecule has 5 heteroatoms. The second kappa shape index (κ2) is 4.29. The van der Waals surface area contributed by atoms with Crippen LogP contribution < -0.4 is 5.32 Å². The van der Waals surface area contributed by atoms with E-state index < -0.39 is 0 Å². The molecule has 0 saturated heterocycles. The largest absolute Gasteiger partial charge is 0.350 e. The molecular weight excluding hydrogens is 280 g/mol. The first-order valence-electron chi connectivity index (χ1n) is 6.01. The minimum absolute atomic E-state index is 0.524. The topological polar surface area (TPSA) is 42.2 Å². The first-order valence-corrected chi connectivity index (χ1v) is 6.80. The summed E-state index contributed by atoms with van der Waals surface area (Å²) in [6, 6.07) is 4.46. The van der Waals surface area contributed by atoms with E-state index in [0.29, 0.717) is 12.0 Å². The Morgan fingerprint density at radius 3 is 3.06 bits per heavy atom. The SMILES string of the molecule is CC1CCCC1Nc1nc2ccc(Br)cn2n1. The monoisotopic (exact) mass is 294 g/mol. The molecule has 2 heterocycles. The van der Waals surface area contributed by atoms with Gasteiger partial charge in [-0.3, -0.25) is 0 Å². The average molecular weight is 295 g/mol. The standard InChI is InChI=1S/C12H15BrN4/c1-8-3-2-4-10(8)14-12-15-11-6-5-9(13)7-17(11)16-12/h5-8,10H,2-4H2,1H3,(H,14,16). The van der Waals surface area contributed by atoms with Gasteiger partial charge in [0.15, 0.2) is 5.65 Å². The van der Waals surface area contributed by atoms with Gasteiger partial charge < -0.3 is 5.32 Å². The number of halogens is 1. The lowest BCUT2D eigenvalue weighted by molar-refractivity contribution is 0.553. The highest BCUT2D eigenvalue weighted by Gasteiger charge is 2.24. The fourth-order valence-corrected chi connectivity index (χ4v) is 2.77. The third kappa shape index (κ3) is 2.16. The van der Waals surface area contributed by atoms with Gasteiger partial charge in [0.1, 0.15) is 0 Å². The number of aromatic nitrogens is 3. The van der Waals surface area contributed by atoms with Gasteiger partial charge in [-0.15, -0.1) is 5.10 Å². The Morgan fingerprint density at radius 2 is 2.29 bits per heavy atom. The summed E-state index contributed by atoms with van der Waals surface area (Å²) in [5.41, 5.74) is 0.876. The maximum Gasteiger partial charge on any atom is 0.243 e. The van der Waals surface area contributed by atoms with Crippen LogP contribution in [-0.2, 0) is 0 Å². The van der Waals surface area contributed by atoms with Gasteiger partial charge >= 0.3 is 0 Å². The van der Waals surface area contributed by atoms with E-state index in [9.17, 15) is 0 Å². The zero-order valence-electron chi connectivity index (χ0n) is 9.73. The fourth-order valence-electron chi connectivity index (χ4n) is 2.44. The maximum atomic E-state index is 4.47. The van der Waals surface area contributed by atoms with Crippen LogP contribution in [0.25, 0.3) is 5.65 Å². The third-order valence-electron chi connectivity index (χ3n) is 3.47. The summed E-state index contributed by atoms with van der Waals surface area (Å²) in [6.45, 7) is 2.29. The smallest absolute Gasteiger partial charge is 0.243 e. The molecule has 0 aromatic carbocycles. The summed E-state index contributed by atoms with van der Waals surface area (Å²) in [5.74, 6) is 1.45. The highest BCUT2D eigenvalue weighted by molar-refractivity contribution is 9.10. The molecule has 0 amide bonds. The van der Waals surface area contributed by atoms with E-state index in [4.69, 9.17) is 0 Å². The Kier molecular flexibility index (Phi) is 2.78. The lowest BCUT2D eigenvalue weighted by atomic mass is 10.1. The van der Waals surface area contributed by atoms with E-state index >= 15 is 0 Å². The van der Waals surface area contributed by atoms with Crippen molar-refractivity contribution >= 4 is 27.5 Å². The summed E-state index contributed by atoms with van der Waals surface area (Å²) in [4.78, 5) is 4.47. The second-order valence-corrected chi connectivity index (χ2v) is 5.66. The minimum atomic E-state index is 0.524. The van der Waals surface area contributed by atoms with E-state index in [0.717, 1.165) is 16.1 Å². The molecule has 2 aromatic heterocycles. The molecule has 17 heavy (non-hydrogen) atoms. The van der Waals surface area contributed by atoms with Crippen LogP contribution >= 0.6 is 15.9 Å². The predicted octanol–water partition coefficient (Wildman–Crippen LogP) is 3.09. The predicted molar refractivity (Wildman–Crippen MR) is 71.1 cm³/mol. The molecule has 2 aromatic rings. The number of hydrogen-bond acceptors (Lipinski definition) is 3. The molecule has 1 aliphatic carbocycles. The summed E-state index contributed by atoms with van der Waals surface area (Å²) in [5, 5.41) is 7.88. The van der Waals surface area contributed by atoms with Crippen molar-refractivity contribution in [1.82, 2.24) is 14.6 Å². The van der Waals surface area contributed by atoms with Gasteiger partial charge in [0, 0.05) is 16.7 Å². The Hall–Kier alpha value is -1.10. The second-order valence-electron chi connectivity index (χ2n) is 4.74. The number of nitrogens with zero attached hydrogens (tertiary/aromatic N) is 3. The highest BCUT2D eigenvalue weighted by Crippen LogP contribution is 2.27. The Labute approximate surface area is 109 Å². The lowest BCUT2D eigenvalue weighted by Gasteiger charge is -2.15. The number of anilines is 1. The van der Waals surface area contributed by atoms with Crippen molar-refractivity contribution < 1.29 is 0 Å². The number of hydrogen-bond donors (Lipinski definition) is 1.